The summed E-state index contributed by atoms with van der Waals surface area (Å²) in [5, 5.41) is 0.968. The summed E-state index contributed by atoms with van der Waals surface area (Å²) in [6.45, 7) is 3.97. The fraction of sp³-hybridized carbons (Fsp3) is 0.261. The number of anilines is 1. The Balaban J connectivity index is 1.42. The van der Waals surface area contributed by atoms with E-state index in [0.717, 1.165) is 21.1 Å². The molecule has 0 fully saturated rings. The number of benzene rings is 2. The number of carbonyl (C=O) groups is 2. The van der Waals surface area contributed by atoms with Crippen molar-refractivity contribution in [2.45, 2.75) is 13.8 Å². The average Bonchev–Trinajstić information content (AvgIpc) is 3.11. The lowest BCUT2D eigenvalue weighted by Crippen LogP contribution is -2.42. The summed E-state index contributed by atoms with van der Waals surface area (Å²) in [7, 11) is 0. The van der Waals surface area contributed by atoms with Gasteiger partial charge in [-0.05, 0) is 44.2 Å². The van der Waals surface area contributed by atoms with Gasteiger partial charge in [0.25, 0.3) is 5.91 Å². The number of thiazole rings is 1. The second-order valence-corrected chi connectivity index (χ2v) is 8.38. The van der Waals surface area contributed by atoms with Gasteiger partial charge >= 0.3 is 5.97 Å². The number of carbonyl (C=O) groups excluding carboxylic acids is 2. The first-order valence-corrected chi connectivity index (χ1v) is 10.7. The minimum absolute atomic E-state index is 0.0937. The highest BCUT2D eigenvalue weighted by Crippen LogP contribution is 2.37. The molecule has 31 heavy (non-hydrogen) atoms. The second-order valence-electron chi connectivity index (χ2n) is 6.97. The van der Waals surface area contributed by atoms with Crippen molar-refractivity contribution in [2.75, 3.05) is 31.3 Å². The Morgan fingerprint density at radius 3 is 2.71 bits per heavy atom. The van der Waals surface area contributed by atoms with Crippen molar-refractivity contribution in [2.24, 2.45) is 0 Å². The number of amides is 1. The summed E-state index contributed by atoms with van der Waals surface area (Å²) in [5.74, 6) is 0.446. The second kappa shape index (κ2) is 9.18. The van der Waals surface area contributed by atoms with Gasteiger partial charge in [-0.3, -0.25) is 14.5 Å². The summed E-state index contributed by atoms with van der Waals surface area (Å²) < 4.78 is 16.3. The van der Waals surface area contributed by atoms with Gasteiger partial charge in [0.2, 0.25) is 0 Å². The lowest BCUT2D eigenvalue weighted by atomic mass is 10.1. The van der Waals surface area contributed by atoms with Gasteiger partial charge in [0.05, 0.1) is 16.4 Å². The number of para-hydroxylation sites is 1. The zero-order valence-corrected chi connectivity index (χ0v) is 18.1. The van der Waals surface area contributed by atoms with Crippen LogP contribution in [-0.4, -0.2) is 43.2 Å². The van der Waals surface area contributed by atoms with Crippen molar-refractivity contribution in [3.05, 3.63) is 58.4 Å². The molecule has 0 atom stereocenters. The van der Waals surface area contributed by atoms with E-state index in [0.29, 0.717) is 17.2 Å². The van der Waals surface area contributed by atoms with Crippen molar-refractivity contribution in [1.82, 2.24) is 4.98 Å². The van der Waals surface area contributed by atoms with E-state index in [2.05, 4.69) is 4.98 Å². The normalized spacial score (nSPS) is 12.8. The largest absolute Gasteiger partial charge is 0.490 e. The van der Waals surface area contributed by atoms with Gasteiger partial charge in [-0.2, -0.15) is 0 Å². The van der Waals surface area contributed by atoms with Gasteiger partial charge in [-0.25, -0.2) is 4.98 Å². The van der Waals surface area contributed by atoms with Crippen LogP contribution in [0.15, 0.2) is 48.5 Å². The van der Waals surface area contributed by atoms with Gasteiger partial charge in [-0.1, -0.05) is 18.2 Å². The van der Waals surface area contributed by atoms with E-state index in [1.807, 2.05) is 56.3 Å². The Hall–Kier alpha value is -3.39. The number of aryl methyl sites for hydroxylation is 2. The maximum atomic E-state index is 12.5. The van der Waals surface area contributed by atoms with Gasteiger partial charge in [0.1, 0.15) is 31.3 Å². The molecule has 0 spiro atoms. The van der Waals surface area contributed by atoms with Gasteiger partial charge < -0.3 is 14.2 Å². The highest BCUT2D eigenvalue weighted by molar-refractivity contribution is 7.11. The fourth-order valence-corrected chi connectivity index (χ4v) is 4.17. The molecular formula is C23H22N2O5S. The van der Waals surface area contributed by atoms with E-state index in [9.17, 15) is 9.59 Å². The monoisotopic (exact) mass is 438 g/mol. The molecule has 1 aliphatic rings. The lowest BCUT2D eigenvalue weighted by Gasteiger charge is -2.29. The van der Waals surface area contributed by atoms with Crippen LogP contribution in [-0.2, 0) is 14.3 Å². The number of ether oxygens (including phenoxy) is 3. The Bertz CT molecular complexity index is 1100. The smallest absolute Gasteiger partial charge is 0.326 e. The van der Waals surface area contributed by atoms with Crippen LogP contribution in [0, 0.1) is 13.8 Å². The van der Waals surface area contributed by atoms with Crippen LogP contribution in [0.3, 0.4) is 0 Å². The summed E-state index contributed by atoms with van der Waals surface area (Å²) in [6.07, 6.45) is 0. The zero-order valence-electron chi connectivity index (χ0n) is 17.3. The van der Waals surface area contributed by atoms with Crippen LogP contribution in [0.2, 0.25) is 0 Å². The molecule has 0 saturated heterocycles. The topological polar surface area (TPSA) is 78.0 Å². The predicted octanol–water partition coefficient (Wildman–Crippen LogP) is 3.77. The molecule has 0 saturated carbocycles. The van der Waals surface area contributed by atoms with E-state index < -0.39 is 5.97 Å². The molecule has 0 radical (unpaired) electrons. The summed E-state index contributed by atoms with van der Waals surface area (Å²) in [5.41, 5.74) is 2.27. The van der Waals surface area contributed by atoms with Crippen LogP contribution in [0.1, 0.15) is 9.88 Å². The molecule has 0 bridgehead atoms. The molecular weight excluding hydrogens is 416 g/mol. The predicted molar refractivity (Wildman–Crippen MR) is 118 cm³/mol. The van der Waals surface area contributed by atoms with Crippen LogP contribution in [0.4, 0.5) is 5.69 Å². The summed E-state index contributed by atoms with van der Waals surface area (Å²) >= 11 is 1.61. The minimum Gasteiger partial charge on any atom is -0.490 e. The minimum atomic E-state index is -0.510. The number of rotatable bonds is 7. The molecule has 1 amide bonds. The molecule has 1 aliphatic heterocycles. The summed E-state index contributed by atoms with van der Waals surface area (Å²) in [6, 6.07) is 14.8. The first kappa shape index (κ1) is 20.9. The van der Waals surface area contributed by atoms with Crippen molar-refractivity contribution in [3.8, 4) is 22.8 Å². The van der Waals surface area contributed by atoms with E-state index in [1.165, 1.54) is 4.90 Å². The van der Waals surface area contributed by atoms with Crippen LogP contribution in [0.5, 0.6) is 11.5 Å². The van der Waals surface area contributed by atoms with E-state index in [1.54, 1.807) is 17.4 Å². The maximum Gasteiger partial charge on any atom is 0.326 e. The van der Waals surface area contributed by atoms with Crippen LogP contribution in [0.25, 0.3) is 11.3 Å². The molecule has 1 aromatic heterocycles. The number of aromatic nitrogens is 1. The highest BCUT2D eigenvalue weighted by atomic mass is 32.1. The third kappa shape index (κ3) is 4.86. The molecule has 8 heteroatoms. The molecule has 7 nitrogen and oxygen atoms in total. The first-order chi connectivity index (χ1) is 15.0. The lowest BCUT2D eigenvalue weighted by molar-refractivity contribution is -0.143. The fourth-order valence-electron chi connectivity index (χ4n) is 3.33. The van der Waals surface area contributed by atoms with Gasteiger partial charge in [0, 0.05) is 10.4 Å². The SMILES string of the molecule is Cc1nc(-c2ccc3c(c2)N(CC(=O)OCCOc2ccccc2)C(=O)CO3)c(C)s1. The Labute approximate surface area is 184 Å². The molecule has 4 rings (SSSR count). The van der Waals surface area contributed by atoms with Gasteiger partial charge in [-0.15, -0.1) is 11.3 Å². The molecule has 0 N–H and O–H groups in total. The van der Waals surface area contributed by atoms with E-state index in [4.69, 9.17) is 14.2 Å². The standard InChI is InChI=1S/C23H22N2O5S/c1-15-23(24-16(2)31-15)17-8-9-20-19(12-17)25(21(26)14-30-20)13-22(27)29-11-10-28-18-6-4-3-5-7-18/h3-9,12H,10-11,13-14H2,1-2H3. The van der Waals surface area contributed by atoms with Crippen molar-refractivity contribution >= 4 is 28.9 Å². The molecule has 0 aliphatic carbocycles. The first-order valence-electron chi connectivity index (χ1n) is 9.86. The average molecular weight is 439 g/mol. The highest BCUT2D eigenvalue weighted by Gasteiger charge is 2.28. The van der Waals surface area contributed by atoms with E-state index in [-0.39, 0.29) is 32.3 Å². The third-order valence-electron chi connectivity index (χ3n) is 4.72. The molecule has 160 valence electrons. The molecule has 3 aromatic rings. The van der Waals surface area contributed by atoms with Crippen molar-refractivity contribution in [1.29, 1.82) is 0 Å². The number of esters is 1. The van der Waals surface area contributed by atoms with Crippen molar-refractivity contribution < 1.29 is 23.8 Å². The molecule has 2 aromatic carbocycles. The third-order valence-corrected chi connectivity index (χ3v) is 5.61. The van der Waals surface area contributed by atoms with Crippen molar-refractivity contribution in [3.63, 3.8) is 0 Å². The van der Waals surface area contributed by atoms with Gasteiger partial charge in [0.15, 0.2) is 6.61 Å². The maximum absolute atomic E-state index is 12.5. The zero-order chi connectivity index (χ0) is 21.8. The Morgan fingerprint density at radius 2 is 1.97 bits per heavy atom. The number of hydrogen-bond acceptors (Lipinski definition) is 7. The number of fused-ring (bicyclic) bond motifs is 1. The van der Waals surface area contributed by atoms with Crippen LogP contribution < -0.4 is 14.4 Å². The Kier molecular flexibility index (Phi) is 6.18. The number of hydrogen-bond donors (Lipinski definition) is 0. The van der Waals surface area contributed by atoms with E-state index >= 15 is 0 Å². The van der Waals surface area contributed by atoms with Crippen LogP contribution >= 0.6 is 11.3 Å². The molecule has 0 unspecified atom stereocenters. The number of nitrogens with zero attached hydrogens (tertiary/aromatic N) is 2. The quantitative estimate of drug-likeness (QED) is 0.413. The Morgan fingerprint density at radius 1 is 1.16 bits per heavy atom. The summed E-state index contributed by atoms with van der Waals surface area (Å²) in [4.78, 5) is 31.9. The molecule has 2 heterocycles.